The van der Waals surface area contributed by atoms with Crippen LogP contribution in [0.3, 0.4) is 0 Å². The van der Waals surface area contributed by atoms with Gasteiger partial charge in [-0.1, -0.05) is 0 Å². The molecule has 0 fully saturated rings. The monoisotopic (exact) mass is 575 g/mol. The molecule has 0 bridgehead atoms. The first-order valence-electron chi connectivity index (χ1n) is 2.03. The summed E-state index contributed by atoms with van der Waals surface area (Å²) in [5.74, 6) is 0. The van der Waals surface area contributed by atoms with Crippen molar-refractivity contribution in [3.05, 3.63) is 0 Å². The zero-order valence-corrected chi connectivity index (χ0v) is 12.5. The van der Waals surface area contributed by atoms with Crippen LogP contribution in [-0.4, -0.2) is 39.0 Å². The van der Waals surface area contributed by atoms with Crippen LogP contribution in [0.2, 0.25) is 0 Å². The predicted octanol–water partition coefficient (Wildman–Crippen LogP) is 4.50. The van der Waals surface area contributed by atoms with Gasteiger partial charge in [0.25, 0.3) is 0 Å². The van der Waals surface area contributed by atoms with Gasteiger partial charge in [-0.25, -0.2) is 0 Å². The SMILES string of the molecule is [F][Sb-]([F])([F])([F])([F])[F].[F][Sb-]([F])([F])([F])([F])[F].[H+].[H+].[Rh]. The third-order valence-electron chi connectivity index (χ3n) is 0. The fraction of sp³-hybridized carbons (Fsp3) is 0. The zero-order chi connectivity index (χ0) is 12.8. The van der Waals surface area contributed by atoms with Gasteiger partial charge in [0.1, 0.15) is 0 Å². The van der Waals surface area contributed by atoms with E-state index in [4.69, 9.17) is 0 Å². The van der Waals surface area contributed by atoms with Crippen LogP contribution in [0, 0.1) is 0 Å². The first-order chi connectivity index (χ1) is 4.90. The van der Waals surface area contributed by atoms with E-state index in [0.717, 1.165) is 0 Å². The molecule has 15 heavy (non-hydrogen) atoms. The summed E-state index contributed by atoms with van der Waals surface area (Å²) in [6.45, 7) is 0. The fourth-order valence-electron chi connectivity index (χ4n) is 0. The van der Waals surface area contributed by atoms with E-state index in [-0.39, 0.29) is 22.3 Å². The Hall–Kier alpha value is 1.42. The van der Waals surface area contributed by atoms with E-state index in [1.807, 2.05) is 0 Å². The topological polar surface area (TPSA) is 0 Å². The molecule has 0 nitrogen and oxygen atoms in total. The van der Waals surface area contributed by atoms with E-state index < -0.39 is 39.0 Å². The second-order valence-corrected chi connectivity index (χ2v) is 12.9. The van der Waals surface area contributed by atoms with Crippen molar-refractivity contribution in [3.63, 3.8) is 0 Å². The van der Waals surface area contributed by atoms with Crippen LogP contribution in [0.15, 0.2) is 0 Å². The van der Waals surface area contributed by atoms with Crippen LogP contribution in [0.4, 0.5) is 33.8 Å². The molecule has 1 radical (unpaired) electrons. The molecule has 0 saturated carbocycles. The molecule has 0 N–H and O–H groups in total. The average molecular weight is 576 g/mol. The summed E-state index contributed by atoms with van der Waals surface area (Å²) in [7, 11) is 0. The predicted molar refractivity (Wildman–Crippen MR) is 27.0 cm³/mol. The van der Waals surface area contributed by atoms with E-state index in [2.05, 4.69) is 0 Å². The Bertz CT molecular complexity index is 170. The molecule has 0 aromatic heterocycles. The van der Waals surface area contributed by atoms with Crippen LogP contribution >= 0.6 is 0 Å². The molecule has 0 saturated heterocycles. The molecule has 0 aromatic carbocycles. The van der Waals surface area contributed by atoms with Gasteiger partial charge in [0.15, 0.2) is 0 Å². The van der Waals surface area contributed by atoms with Crippen molar-refractivity contribution in [1.82, 2.24) is 0 Å². The van der Waals surface area contributed by atoms with Crippen molar-refractivity contribution in [1.29, 1.82) is 0 Å². The van der Waals surface area contributed by atoms with Gasteiger partial charge in [-0.3, -0.25) is 0 Å². The maximum Gasteiger partial charge on any atom is 1.00 e. The van der Waals surface area contributed by atoms with Gasteiger partial charge in [0.2, 0.25) is 0 Å². The van der Waals surface area contributed by atoms with Crippen molar-refractivity contribution >= 4 is 39.0 Å². The van der Waals surface area contributed by atoms with Crippen LogP contribution in [0.5, 0.6) is 0 Å². The number of halogens is 12. The smallest absolute Gasteiger partial charge is 0 e. The van der Waals surface area contributed by atoms with Crippen molar-refractivity contribution in [2.24, 2.45) is 0 Å². The zero-order valence-electron chi connectivity index (χ0n) is 7.76. The first kappa shape index (κ1) is 21.7. The summed E-state index contributed by atoms with van der Waals surface area (Å²) in [6, 6.07) is 0. The molecule has 0 aromatic rings. The first-order valence-corrected chi connectivity index (χ1v) is 13.6. The molecule has 0 aliphatic heterocycles. The third kappa shape index (κ3) is 1380. The molecule has 105 valence electrons. The summed E-state index contributed by atoms with van der Waals surface area (Å²) in [5.41, 5.74) is 0. The fourth-order valence-corrected chi connectivity index (χ4v) is 0. The summed E-state index contributed by atoms with van der Waals surface area (Å²) < 4.78 is 119. The summed E-state index contributed by atoms with van der Waals surface area (Å²) in [5, 5.41) is 0. The minimum absolute atomic E-state index is 0. The van der Waals surface area contributed by atoms with Gasteiger partial charge in [-0.05, 0) is 0 Å². The minimum Gasteiger partial charge on any atom is 0 e. The Balaban J connectivity index is -0.0000000480. The van der Waals surface area contributed by atoms with Gasteiger partial charge in [-0.2, -0.15) is 0 Å². The van der Waals surface area contributed by atoms with Gasteiger partial charge >= 0.3 is 75.6 Å². The standard InChI is InChI=1S/12FH.Rh.2Sb/h12*1H;;;/q;;;;;;;;;;;;;2*+5/p-10. The Labute approximate surface area is 94.5 Å². The van der Waals surface area contributed by atoms with Crippen LogP contribution in [0.1, 0.15) is 2.85 Å². The molecule has 0 heterocycles. The number of hydrogen-bond acceptors (Lipinski definition) is 0. The molecular formula is H2F12RhSb2. The summed E-state index contributed by atoms with van der Waals surface area (Å²) >= 11 is -22.5. The second kappa shape index (κ2) is 3.25. The number of hydrogen-bond donors (Lipinski definition) is 0. The van der Waals surface area contributed by atoms with Crippen molar-refractivity contribution in [3.8, 4) is 0 Å². The van der Waals surface area contributed by atoms with E-state index in [1.54, 1.807) is 0 Å². The van der Waals surface area contributed by atoms with Crippen LogP contribution < -0.4 is 0 Å². The molecule has 0 aliphatic rings. The molecule has 0 aliphatic carbocycles. The molecule has 0 spiro atoms. The van der Waals surface area contributed by atoms with Crippen molar-refractivity contribution < 1.29 is 56.1 Å². The quantitative estimate of drug-likeness (QED) is 0.295. The van der Waals surface area contributed by atoms with E-state index in [9.17, 15) is 33.8 Å². The molecule has 15 heteroatoms. The largest absolute Gasteiger partial charge is 1.00 e. The molecular weight excluding hydrogens is 574 g/mol. The Morgan fingerprint density at radius 2 is 0.400 bits per heavy atom. The number of rotatable bonds is 0. The van der Waals surface area contributed by atoms with Gasteiger partial charge in [-0.15, -0.1) is 0 Å². The third-order valence-corrected chi connectivity index (χ3v) is 0. The second-order valence-electron chi connectivity index (χ2n) is 1.92. The normalized spacial score (nSPS) is 21.6. The Morgan fingerprint density at radius 1 is 0.400 bits per heavy atom. The van der Waals surface area contributed by atoms with E-state index in [0.29, 0.717) is 0 Å². The van der Waals surface area contributed by atoms with Crippen LogP contribution in [-0.2, 0) is 19.5 Å². The molecule has 0 unspecified atom stereocenters. The van der Waals surface area contributed by atoms with E-state index in [1.165, 1.54) is 0 Å². The summed E-state index contributed by atoms with van der Waals surface area (Å²) in [6.07, 6.45) is 0. The molecule has 0 atom stereocenters. The minimum atomic E-state index is -11.2. The molecule has 0 amide bonds. The van der Waals surface area contributed by atoms with Gasteiger partial charge in [0, 0.05) is 19.5 Å². The van der Waals surface area contributed by atoms with Crippen molar-refractivity contribution in [2.45, 2.75) is 0 Å². The van der Waals surface area contributed by atoms with Crippen molar-refractivity contribution in [2.75, 3.05) is 0 Å². The summed E-state index contributed by atoms with van der Waals surface area (Å²) in [4.78, 5) is 0. The maximum atomic E-state index is 9.93. The van der Waals surface area contributed by atoms with Gasteiger partial charge in [0.05, 0.1) is 0 Å². The van der Waals surface area contributed by atoms with Crippen LogP contribution in [0.25, 0.3) is 0 Å². The maximum absolute atomic E-state index is 11.2. The molecule has 0 rings (SSSR count). The van der Waals surface area contributed by atoms with E-state index >= 15 is 0 Å². The Kier molecular flexibility index (Phi) is 4.69. The Morgan fingerprint density at radius 3 is 0.400 bits per heavy atom. The van der Waals surface area contributed by atoms with Gasteiger partial charge < -0.3 is 0 Å². The average Bonchev–Trinajstić information content (AvgIpc) is 0.938.